The fourth-order valence-corrected chi connectivity index (χ4v) is 8.14. The van der Waals surface area contributed by atoms with Crippen LogP contribution in [0.2, 0.25) is 0 Å². The molecule has 11 atom stereocenters. The molecule has 0 radical (unpaired) electrons. The van der Waals surface area contributed by atoms with Crippen LogP contribution < -0.4 is 16.0 Å². The van der Waals surface area contributed by atoms with Crippen molar-refractivity contribution in [2.45, 2.75) is 129 Å². The van der Waals surface area contributed by atoms with E-state index in [1.165, 1.54) is 32.4 Å². The number of nitrogens with one attached hydrogen (secondary N) is 3. The fraction of sp³-hybridized carbons (Fsp3) is 0.725. The molecule has 3 rings (SSSR count). The summed E-state index contributed by atoms with van der Waals surface area (Å²) in [5, 5.41) is 18.4. The monoisotopic (exact) mass is 761 g/mol. The summed E-state index contributed by atoms with van der Waals surface area (Å²) in [5.41, 5.74) is 0.169. The lowest BCUT2D eigenvalue weighted by Gasteiger charge is -2.41. The standard InChI is InChI=1S/C40H64FN5O8/c1-12-23(6)35(45(9)39(50)34(22(4)5)44-38(49)33(42-8)21(2)3)31(53-10)20-32(47)46-29-18-26(29)19-30(46)36(54-11)24(7)37(48)43-28(40(51)52)17-25-15-13-14-16-27(25)41/h13-16,21-24,26,28-31,33-36,42H,12,17-20H2,1-11H3,(H,43,48)(H,44,49)(H,51,52)/t23-,24+,26-,28?,29-,30-,31?,33-,34-,35?,36+/m0/s1. The van der Waals surface area contributed by atoms with Gasteiger partial charge in [-0.1, -0.05) is 73.1 Å². The maximum atomic E-state index is 14.4. The van der Waals surface area contributed by atoms with Gasteiger partial charge in [-0.15, -0.1) is 0 Å². The number of likely N-dealkylation sites (N-methyl/N-ethyl adjacent to an activating group) is 2. The van der Waals surface area contributed by atoms with Gasteiger partial charge in [0.25, 0.3) is 0 Å². The van der Waals surface area contributed by atoms with E-state index in [1.54, 1.807) is 36.9 Å². The number of ether oxygens (including phenoxy) is 2. The number of halogens is 1. The molecule has 1 aliphatic carbocycles. The molecule has 304 valence electrons. The number of piperidine rings is 1. The first kappa shape index (κ1) is 44.8. The average Bonchev–Trinajstić information content (AvgIpc) is 3.78. The van der Waals surface area contributed by atoms with E-state index in [9.17, 15) is 33.5 Å². The van der Waals surface area contributed by atoms with Crippen LogP contribution in [0.15, 0.2) is 24.3 Å². The van der Waals surface area contributed by atoms with Gasteiger partial charge in [-0.2, -0.15) is 0 Å². The SMILES string of the molecule is CC[C@H](C)C(C(CC(=O)N1[C@H]2C[C@H]2C[C@H]1[C@H](OC)[C@@H](C)C(=O)NC(Cc1ccccc1F)C(=O)O)OC)N(C)C(=O)[C@@H](NC(=O)[C@@H](NC)C(C)C)C(C)C. The molecule has 13 nitrogen and oxygen atoms in total. The maximum Gasteiger partial charge on any atom is 0.326 e. The molecule has 0 aromatic heterocycles. The number of benzene rings is 1. The van der Waals surface area contributed by atoms with E-state index in [2.05, 4.69) is 16.0 Å². The van der Waals surface area contributed by atoms with Gasteiger partial charge in [-0.25, -0.2) is 9.18 Å². The summed E-state index contributed by atoms with van der Waals surface area (Å²) < 4.78 is 26.2. The molecular weight excluding hydrogens is 697 g/mol. The molecule has 1 saturated heterocycles. The van der Waals surface area contributed by atoms with Crippen LogP contribution in [0.1, 0.15) is 79.7 Å². The number of aliphatic carboxylic acids is 1. The minimum atomic E-state index is -1.37. The average molecular weight is 762 g/mol. The Morgan fingerprint density at radius 1 is 0.944 bits per heavy atom. The number of hydrogen-bond acceptors (Lipinski definition) is 8. The number of methoxy groups -OCH3 is 2. The van der Waals surface area contributed by atoms with Crippen molar-refractivity contribution >= 4 is 29.6 Å². The van der Waals surface area contributed by atoms with E-state index in [4.69, 9.17) is 9.47 Å². The number of carbonyl (C=O) groups is 5. The second-order valence-corrected chi connectivity index (χ2v) is 15.9. The van der Waals surface area contributed by atoms with Crippen LogP contribution in [0.3, 0.4) is 0 Å². The highest BCUT2D eigenvalue weighted by atomic mass is 19.1. The normalized spacial score (nSPS) is 22.3. The highest BCUT2D eigenvalue weighted by molar-refractivity contribution is 5.90. The van der Waals surface area contributed by atoms with Crippen LogP contribution >= 0.6 is 0 Å². The van der Waals surface area contributed by atoms with Crippen molar-refractivity contribution in [1.82, 2.24) is 25.8 Å². The summed E-state index contributed by atoms with van der Waals surface area (Å²) in [6.45, 7) is 13.3. The Hall–Kier alpha value is -3.62. The first-order valence-corrected chi connectivity index (χ1v) is 19.3. The highest BCUT2D eigenvalue weighted by Crippen LogP contribution is 2.50. The first-order chi connectivity index (χ1) is 25.4. The first-order valence-electron chi connectivity index (χ1n) is 19.3. The van der Waals surface area contributed by atoms with Gasteiger partial charge in [0.15, 0.2) is 0 Å². The Labute approximate surface area is 320 Å². The maximum absolute atomic E-state index is 14.4. The van der Waals surface area contributed by atoms with Gasteiger partial charge in [0, 0.05) is 33.7 Å². The van der Waals surface area contributed by atoms with Crippen molar-refractivity contribution in [3.8, 4) is 0 Å². The number of likely N-dealkylation sites (tertiary alicyclic amines) is 1. The molecule has 1 saturated carbocycles. The molecule has 14 heteroatoms. The van der Waals surface area contributed by atoms with Crippen molar-refractivity contribution in [2.24, 2.45) is 29.6 Å². The zero-order chi connectivity index (χ0) is 40.6. The van der Waals surface area contributed by atoms with E-state index in [0.717, 1.165) is 6.42 Å². The van der Waals surface area contributed by atoms with Gasteiger partial charge in [-0.3, -0.25) is 19.2 Å². The zero-order valence-corrected chi connectivity index (χ0v) is 33.9. The van der Waals surface area contributed by atoms with E-state index >= 15 is 0 Å². The van der Waals surface area contributed by atoms with E-state index in [1.807, 2.05) is 41.5 Å². The molecule has 1 aliphatic heterocycles. The lowest BCUT2D eigenvalue weighted by Crippen LogP contribution is -2.59. The number of carboxylic acids is 1. The van der Waals surface area contributed by atoms with Gasteiger partial charge >= 0.3 is 5.97 Å². The second-order valence-electron chi connectivity index (χ2n) is 15.9. The van der Waals surface area contributed by atoms with Crippen LogP contribution in [-0.4, -0.2) is 121 Å². The Morgan fingerprint density at radius 2 is 1.57 bits per heavy atom. The lowest BCUT2D eigenvalue weighted by atomic mass is 9.89. The van der Waals surface area contributed by atoms with Crippen LogP contribution in [0.5, 0.6) is 0 Å². The smallest absolute Gasteiger partial charge is 0.326 e. The summed E-state index contributed by atoms with van der Waals surface area (Å²) in [6, 6.07) is 2.21. The third kappa shape index (κ3) is 10.6. The molecule has 2 aliphatic rings. The number of amides is 4. The Balaban J connectivity index is 1.81. The molecule has 1 aromatic rings. The molecule has 0 spiro atoms. The Kier molecular flexibility index (Phi) is 16.4. The Bertz CT molecular complexity index is 1460. The minimum Gasteiger partial charge on any atom is -0.480 e. The van der Waals surface area contributed by atoms with Gasteiger partial charge in [0.1, 0.15) is 17.9 Å². The van der Waals surface area contributed by atoms with Crippen molar-refractivity contribution in [3.05, 3.63) is 35.6 Å². The molecule has 4 amide bonds. The predicted octanol–water partition coefficient (Wildman–Crippen LogP) is 3.24. The molecule has 2 fully saturated rings. The van der Waals surface area contributed by atoms with E-state index in [-0.39, 0.29) is 65.8 Å². The summed E-state index contributed by atoms with van der Waals surface area (Å²) in [4.78, 5) is 70.8. The van der Waals surface area contributed by atoms with Gasteiger partial charge < -0.3 is 40.3 Å². The predicted molar refractivity (Wildman–Crippen MR) is 203 cm³/mol. The molecule has 4 N–H and O–H groups in total. The van der Waals surface area contributed by atoms with Crippen molar-refractivity contribution in [1.29, 1.82) is 0 Å². The third-order valence-electron chi connectivity index (χ3n) is 11.6. The highest BCUT2D eigenvalue weighted by Gasteiger charge is 2.57. The molecule has 1 heterocycles. The fourth-order valence-electron chi connectivity index (χ4n) is 8.14. The largest absolute Gasteiger partial charge is 0.480 e. The number of nitrogens with zero attached hydrogens (tertiary/aromatic N) is 2. The number of carbonyl (C=O) groups excluding carboxylic acids is 4. The minimum absolute atomic E-state index is 0.00943. The summed E-state index contributed by atoms with van der Waals surface area (Å²) in [5.74, 6) is -4.01. The summed E-state index contributed by atoms with van der Waals surface area (Å²) in [6.07, 6.45) is 0.457. The number of hydrogen-bond donors (Lipinski definition) is 4. The zero-order valence-electron chi connectivity index (χ0n) is 33.9. The van der Waals surface area contributed by atoms with E-state index < -0.39 is 66.0 Å². The van der Waals surface area contributed by atoms with E-state index in [0.29, 0.717) is 12.8 Å². The van der Waals surface area contributed by atoms with Gasteiger partial charge in [-0.05, 0) is 55.2 Å². The van der Waals surface area contributed by atoms with Crippen LogP contribution in [0.4, 0.5) is 4.39 Å². The lowest BCUT2D eigenvalue weighted by molar-refractivity contribution is -0.149. The molecule has 3 unspecified atom stereocenters. The number of fused-ring (bicyclic) bond motifs is 1. The third-order valence-corrected chi connectivity index (χ3v) is 11.6. The quantitative estimate of drug-likeness (QED) is 0.147. The van der Waals surface area contributed by atoms with Crippen LogP contribution in [0.25, 0.3) is 0 Å². The van der Waals surface area contributed by atoms with Gasteiger partial charge in [0.2, 0.25) is 23.6 Å². The topological polar surface area (TPSA) is 167 Å². The number of carboxylic acid groups (broad SMARTS) is 1. The second kappa shape index (κ2) is 19.8. The summed E-state index contributed by atoms with van der Waals surface area (Å²) in [7, 11) is 6.41. The Morgan fingerprint density at radius 3 is 2.09 bits per heavy atom. The summed E-state index contributed by atoms with van der Waals surface area (Å²) >= 11 is 0. The van der Waals surface area contributed by atoms with Gasteiger partial charge in [0.05, 0.1) is 42.7 Å². The molecule has 0 bridgehead atoms. The molecule has 1 aromatic carbocycles. The molecular formula is C40H64FN5O8. The molecule has 54 heavy (non-hydrogen) atoms. The number of rotatable bonds is 21. The van der Waals surface area contributed by atoms with Crippen LogP contribution in [0, 0.1) is 35.4 Å². The van der Waals surface area contributed by atoms with Crippen molar-refractivity contribution in [2.75, 3.05) is 28.3 Å². The van der Waals surface area contributed by atoms with Crippen LogP contribution in [-0.2, 0) is 39.9 Å². The van der Waals surface area contributed by atoms with Crippen molar-refractivity contribution < 1.29 is 42.9 Å². The van der Waals surface area contributed by atoms with Crippen molar-refractivity contribution in [3.63, 3.8) is 0 Å².